The summed E-state index contributed by atoms with van der Waals surface area (Å²) in [5, 5.41) is 3.56. The third kappa shape index (κ3) is 7.02. The fourth-order valence-electron chi connectivity index (χ4n) is 2.53. The van der Waals surface area contributed by atoms with Gasteiger partial charge in [0.25, 0.3) is 0 Å². The Morgan fingerprint density at radius 1 is 1.00 bits per heavy atom. The molecule has 1 fully saturated rings. The Labute approximate surface area is 108 Å². The lowest BCUT2D eigenvalue weighted by atomic mass is 10.3. The van der Waals surface area contributed by atoms with Gasteiger partial charge in [0, 0.05) is 0 Å². The molecule has 0 unspecified atom stereocenters. The Kier molecular flexibility index (Phi) is 8.67. The number of likely N-dealkylation sites (tertiary alicyclic amines) is 1. The predicted molar refractivity (Wildman–Crippen MR) is 75.6 cm³/mol. The van der Waals surface area contributed by atoms with Crippen LogP contribution in [0.2, 0.25) is 0 Å². The molecule has 0 aromatic rings. The molecule has 0 spiro atoms. The van der Waals surface area contributed by atoms with E-state index in [2.05, 4.69) is 29.0 Å². The largest absolute Gasteiger partial charge is 0.317 e. The first-order valence-electron chi connectivity index (χ1n) is 7.52. The molecule has 0 aromatic heterocycles. The molecule has 17 heavy (non-hydrogen) atoms. The maximum Gasteiger partial charge on any atom is -0.000664 e. The minimum Gasteiger partial charge on any atom is -0.317 e. The molecule has 102 valence electrons. The second-order valence-corrected chi connectivity index (χ2v) is 5.03. The van der Waals surface area contributed by atoms with Gasteiger partial charge >= 0.3 is 0 Å². The van der Waals surface area contributed by atoms with Crippen LogP contribution < -0.4 is 5.32 Å². The molecular formula is C14H31N3. The van der Waals surface area contributed by atoms with Gasteiger partial charge in [-0.15, -0.1) is 0 Å². The van der Waals surface area contributed by atoms with Gasteiger partial charge in [-0.3, -0.25) is 0 Å². The zero-order valence-electron chi connectivity index (χ0n) is 11.9. The smallest absolute Gasteiger partial charge is 0.000664 e. The van der Waals surface area contributed by atoms with Crippen molar-refractivity contribution in [2.45, 2.75) is 39.5 Å². The van der Waals surface area contributed by atoms with Crippen molar-refractivity contribution < 1.29 is 0 Å². The number of rotatable bonds is 10. The van der Waals surface area contributed by atoms with E-state index >= 15 is 0 Å². The first-order chi connectivity index (χ1) is 8.36. The normalized spacial score (nSPS) is 17.1. The SMILES string of the molecule is CCN(CC)CCCNCCCN1CCCC1. The summed E-state index contributed by atoms with van der Waals surface area (Å²) in [4.78, 5) is 5.09. The second-order valence-electron chi connectivity index (χ2n) is 5.03. The van der Waals surface area contributed by atoms with Crippen LogP contribution in [0.3, 0.4) is 0 Å². The van der Waals surface area contributed by atoms with E-state index in [0.29, 0.717) is 0 Å². The van der Waals surface area contributed by atoms with Gasteiger partial charge in [-0.1, -0.05) is 13.8 Å². The van der Waals surface area contributed by atoms with Crippen molar-refractivity contribution in [2.75, 3.05) is 52.4 Å². The maximum atomic E-state index is 3.56. The molecule has 0 amide bonds. The molecule has 1 N–H and O–H groups in total. The third-order valence-corrected chi connectivity index (χ3v) is 3.75. The van der Waals surface area contributed by atoms with E-state index in [1.54, 1.807) is 0 Å². The second kappa shape index (κ2) is 9.86. The van der Waals surface area contributed by atoms with E-state index in [1.807, 2.05) is 0 Å². The lowest BCUT2D eigenvalue weighted by Crippen LogP contribution is -2.28. The van der Waals surface area contributed by atoms with E-state index in [0.717, 1.165) is 0 Å². The fourth-order valence-corrected chi connectivity index (χ4v) is 2.53. The molecular weight excluding hydrogens is 210 g/mol. The van der Waals surface area contributed by atoms with Crippen LogP contribution in [-0.4, -0.2) is 62.2 Å². The van der Waals surface area contributed by atoms with E-state index in [-0.39, 0.29) is 0 Å². The fraction of sp³-hybridized carbons (Fsp3) is 1.00. The molecule has 0 radical (unpaired) electrons. The summed E-state index contributed by atoms with van der Waals surface area (Å²) in [6.07, 6.45) is 5.42. The zero-order valence-corrected chi connectivity index (χ0v) is 11.9. The van der Waals surface area contributed by atoms with Gasteiger partial charge < -0.3 is 15.1 Å². The molecule has 1 saturated heterocycles. The quantitative estimate of drug-likeness (QED) is 0.588. The van der Waals surface area contributed by atoms with Crippen LogP contribution in [0, 0.1) is 0 Å². The average molecular weight is 241 g/mol. The molecule has 0 aromatic carbocycles. The molecule has 1 aliphatic heterocycles. The molecule has 0 saturated carbocycles. The summed E-state index contributed by atoms with van der Waals surface area (Å²) in [6.45, 7) is 14.4. The third-order valence-electron chi connectivity index (χ3n) is 3.75. The summed E-state index contributed by atoms with van der Waals surface area (Å²) in [6, 6.07) is 0. The summed E-state index contributed by atoms with van der Waals surface area (Å²) in [5.74, 6) is 0. The minimum atomic E-state index is 1.18. The summed E-state index contributed by atoms with van der Waals surface area (Å²) < 4.78 is 0. The Morgan fingerprint density at radius 3 is 2.29 bits per heavy atom. The lowest BCUT2D eigenvalue weighted by Gasteiger charge is -2.18. The molecule has 0 atom stereocenters. The molecule has 3 heteroatoms. The van der Waals surface area contributed by atoms with Crippen molar-refractivity contribution in [2.24, 2.45) is 0 Å². The summed E-state index contributed by atoms with van der Waals surface area (Å²) in [5.41, 5.74) is 0. The van der Waals surface area contributed by atoms with E-state index in [4.69, 9.17) is 0 Å². The van der Waals surface area contributed by atoms with E-state index < -0.39 is 0 Å². The first-order valence-corrected chi connectivity index (χ1v) is 7.52. The Bertz CT molecular complexity index is 157. The molecule has 1 heterocycles. The molecule has 1 aliphatic rings. The van der Waals surface area contributed by atoms with Crippen LogP contribution in [0.1, 0.15) is 39.5 Å². The van der Waals surface area contributed by atoms with Crippen molar-refractivity contribution in [1.82, 2.24) is 15.1 Å². The number of hydrogen-bond acceptors (Lipinski definition) is 3. The van der Waals surface area contributed by atoms with Gasteiger partial charge in [-0.05, 0) is 78.0 Å². The Hall–Kier alpha value is -0.120. The molecule has 0 aliphatic carbocycles. The minimum absolute atomic E-state index is 1.18. The monoisotopic (exact) mass is 241 g/mol. The number of nitrogens with zero attached hydrogens (tertiary/aromatic N) is 2. The highest BCUT2D eigenvalue weighted by Gasteiger charge is 2.09. The molecule has 0 bridgehead atoms. The number of nitrogens with one attached hydrogen (secondary N) is 1. The van der Waals surface area contributed by atoms with Gasteiger partial charge in [-0.25, -0.2) is 0 Å². The van der Waals surface area contributed by atoms with Gasteiger partial charge in [0.1, 0.15) is 0 Å². The highest BCUT2D eigenvalue weighted by atomic mass is 15.1. The number of hydrogen-bond donors (Lipinski definition) is 1. The summed E-state index contributed by atoms with van der Waals surface area (Å²) in [7, 11) is 0. The highest BCUT2D eigenvalue weighted by Crippen LogP contribution is 2.06. The Morgan fingerprint density at radius 2 is 1.65 bits per heavy atom. The zero-order chi connectivity index (χ0) is 12.3. The van der Waals surface area contributed by atoms with Gasteiger partial charge in [0.05, 0.1) is 0 Å². The first kappa shape index (κ1) is 14.9. The van der Waals surface area contributed by atoms with Crippen molar-refractivity contribution >= 4 is 0 Å². The van der Waals surface area contributed by atoms with Crippen LogP contribution in [0.4, 0.5) is 0 Å². The van der Waals surface area contributed by atoms with E-state index in [9.17, 15) is 0 Å². The van der Waals surface area contributed by atoms with Crippen molar-refractivity contribution in [1.29, 1.82) is 0 Å². The van der Waals surface area contributed by atoms with Crippen LogP contribution >= 0.6 is 0 Å². The van der Waals surface area contributed by atoms with Crippen molar-refractivity contribution in [3.8, 4) is 0 Å². The molecule has 3 nitrogen and oxygen atoms in total. The topological polar surface area (TPSA) is 18.5 Å². The van der Waals surface area contributed by atoms with Gasteiger partial charge in [-0.2, -0.15) is 0 Å². The highest BCUT2D eigenvalue weighted by molar-refractivity contribution is 4.66. The predicted octanol–water partition coefficient (Wildman–Crippen LogP) is 1.79. The van der Waals surface area contributed by atoms with Crippen molar-refractivity contribution in [3.63, 3.8) is 0 Å². The van der Waals surface area contributed by atoms with Crippen LogP contribution in [0.15, 0.2) is 0 Å². The Balaban J connectivity index is 1.80. The van der Waals surface area contributed by atoms with Crippen LogP contribution in [0.25, 0.3) is 0 Å². The summed E-state index contributed by atoms with van der Waals surface area (Å²) >= 11 is 0. The van der Waals surface area contributed by atoms with E-state index in [1.165, 1.54) is 78.0 Å². The lowest BCUT2D eigenvalue weighted by molar-refractivity contribution is 0.296. The average Bonchev–Trinajstić information content (AvgIpc) is 2.86. The maximum absolute atomic E-state index is 3.56. The van der Waals surface area contributed by atoms with Gasteiger partial charge in [0.15, 0.2) is 0 Å². The standard InChI is InChI=1S/C14H31N3/c1-3-16(4-2)13-7-9-15-10-8-14-17-11-5-6-12-17/h15H,3-14H2,1-2H3. The van der Waals surface area contributed by atoms with Crippen LogP contribution in [-0.2, 0) is 0 Å². The molecule has 1 rings (SSSR count). The van der Waals surface area contributed by atoms with Crippen LogP contribution in [0.5, 0.6) is 0 Å². The van der Waals surface area contributed by atoms with Gasteiger partial charge in [0.2, 0.25) is 0 Å². The van der Waals surface area contributed by atoms with Crippen molar-refractivity contribution in [3.05, 3.63) is 0 Å².